The van der Waals surface area contributed by atoms with E-state index in [4.69, 9.17) is 16.3 Å². The molecule has 106 valence electrons. The Balaban J connectivity index is 2.01. The van der Waals surface area contributed by atoms with Crippen molar-refractivity contribution in [1.82, 2.24) is 10.3 Å². The van der Waals surface area contributed by atoms with Crippen LogP contribution in [0.3, 0.4) is 0 Å². The van der Waals surface area contributed by atoms with Crippen molar-refractivity contribution in [3.8, 4) is 0 Å². The molecule has 0 aliphatic carbocycles. The third-order valence-electron chi connectivity index (χ3n) is 3.38. The van der Waals surface area contributed by atoms with Crippen molar-refractivity contribution in [1.29, 1.82) is 0 Å². The molecule has 0 radical (unpaired) electrons. The highest BCUT2D eigenvalue weighted by atomic mass is 35.5. The summed E-state index contributed by atoms with van der Waals surface area (Å²) < 4.78 is 5.66. The molecule has 0 aromatic carbocycles. The fraction of sp³-hybridized carbons (Fsp3) is 0.643. The lowest BCUT2D eigenvalue weighted by atomic mass is 10.2. The Morgan fingerprint density at radius 1 is 1.58 bits per heavy atom. The molecule has 0 amide bonds. The number of hydrogen-bond acceptors (Lipinski definition) is 4. The van der Waals surface area contributed by atoms with Gasteiger partial charge in [0.2, 0.25) is 0 Å². The van der Waals surface area contributed by atoms with Gasteiger partial charge in [-0.25, -0.2) is 4.98 Å². The topological polar surface area (TPSA) is 37.4 Å². The Hall–Kier alpha value is -0.840. The minimum absolute atomic E-state index is 0.333. The van der Waals surface area contributed by atoms with Crippen LogP contribution >= 0.6 is 11.6 Å². The number of rotatable bonds is 6. The molecule has 0 bridgehead atoms. The molecule has 0 spiro atoms. The van der Waals surface area contributed by atoms with E-state index < -0.39 is 0 Å². The van der Waals surface area contributed by atoms with Crippen LogP contribution in [-0.4, -0.2) is 37.8 Å². The summed E-state index contributed by atoms with van der Waals surface area (Å²) in [5.41, 5.74) is 1.09. The normalized spacial score (nSPS) is 18.8. The average Bonchev–Trinajstić information content (AvgIpc) is 2.90. The standard InChI is InChI=1S/C14H22ClN3O/c1-3-16-8-11-7-14(17-9-13(11)15)18(2)10-12-5-4-6-19-12/h7,9,12,16H,3-6,8,10H2,1-2H3. The third kappa shape index (κ3) is 4.06. The molecule has 1 N–H and O–H groups in total. The Bertz CT molecular complexity index is 408. The number of nitrogens with zero attached hydrogens (tertiary/aromatic N) is 2. The van der Waals surface area contributed by atoms with Gasteiger partial charge in [-0.15, -0.1) is 0 Å². The number of nitrogens with one attached hydrogen (secondary N) is 1. The van der Waals surface area contributed by atoms with Crippen molar-refractivity contribution in [3.63, 3.8) is 0 Å². The maximum atomic E-state index is 6.16. The number of ether oxygens (including phenoxy) is 1. The predicted octanol–water partition coefficient (Wildman–Crippen LogP) is 2.46. The van der Waals surface area contributed by atoms with Crippen LogP contribution in [0, 0.1) is 0 Å². The van der Waals surface area contributed by atoms with E-state index in [0.717, 1.165) is 55.5 Å². The minimum Gasteiger partial charge on any atom is -0.376 e. The van der Waals surface area contributed by atoms with Gasteiger partial charge in [-0.1, -0.05) is 18.5 Å². The van der Waals surface area contributed by atoms with Gasteiger partial charge in [0, 0.05) is 32.9 Å². The highest BCUT2D eigenvalue weighted by molar-refractivity contribution is 6.31. The number of pyridine rings is 1. The van der Waals surface area contributed by atoms with Gasteiger partial charge in [0.05, 0.1) is 11.1 Å². The summed E-state index contributed by atoms with van der Waals surface area (Å²) in [6.45, 7) is 5.56. The van der Waals surface area contributed by atoms with Gasteiger partial charge < -0.3 is 15.0 Å². The Labute approximate surface area is 120 Å². The average molecular weight is 284 g/mol. The molecule has 4 nitrogen and oxygen atoms in total. The Morgan fingerprint density at radius 3 is 3.11 bits per heavy atom. The monoisotopic (exact) mass is 283 g/mol. The van der Waals surface area contributed by atoms with Crippen LogP contribution in [0.4, 0.5) is 5.82 Å². The number of hydrogen-bond donors (Lipinski definition) is 1. The lowest BCUT2D eigenvalue weighted by molar-refractivity contribution is 0.116. The molecule has 1 aromatic heterocycles. The zero-order chi connectivity index (χ0) is 13.7. The van der Waals surface area contributed by atoms with E-state index in [0.29, 0.717) is 6.10 Å². The molecule has 1 aliphatic rings. The van der Waals surface area contributed by atoms with Gasteiger partial charge in [0.15, 0.2) is 0 Å². The summed E-state index contributed by atoms with van der Waals surface area (Å²) in [5, 5.41) is 4.01. The summed E-state index contributed by atoms with van der Waals surface area (Å²) >= 11 is 6.16. The number of anilines is 1. The van der Waals surface area contributed by atoms with Gasteiger partial charge in [-0.3, -0.25) is 0 Å². The van der Waals surface area contributed by atoms with E-state index in [2.05, 4.69) is 35.2 Å². The Morgan fingerprint density at radius 2 is 2.42 bits per heavy atom. The largest absolute Gasteiger partial charge is 0.376 e. The Kier molecular flexibility index (Phi) is 5.43. The molecule has 1 unspecified atom stereocenters. The maximum absolute atomic E-state index is 6.16. The molecule has 1 saturated heterocycles. The number of likely N-dealkylation sites (N-methyl/N-ethyl adjacent to an activating group) is 1. The van der Waals surface area contributed by atoms with Crippen molar-refractivity contribution >= 4 is 17.4 Å². The smallest absolute Gasteiger partial charge is 0.128 e. The highest BCUT2D eigenvalue weighted by Crippen LogP contribution is 2.21. The zero-order valence-corrected chi connectivity index (χ0v) is 12.4. The molecular weight excluding hydrogens is 262 g/mol. The molecule has 1 aromatic rings. The second kappa shape index (κ2) is 7.08. The maximum Gasteiger partial charge on any atom is 0.128 e. The van der Waals surface area contributed by atoms with Crippen LogP contribution in [0.15, 0.2) is 12.3 Å². The van der Waals surface area contributed by atoms with E-state index in [-0.39, 0.29) is 0 Å². The van der Waals surface area contributed by atoms with Gasteiger partial charge in [0.25, 0.3) is 0 Å². The van der Waals surface area contributed by atoms with Crippen LogP contribution in [0.1, 0.15) is 25.3 Å². The molecular formula is C14H22ClN3O. The van der Waals surface area contributed by atoms with Crippen molar-refractivity contribution < 1.29 is 4.74 Å². The van der Waals surface area contributed by atoms with Gasteiger partial charge in [-0.2, -0.15) is 0 Å². The number of aromatic nitrogens is 1. The first-order valence-corrected chi connectivity index (χ1v) is 7.26. The molecule has 5 heteroatoms. The van der Waals surface area contributed by atoms with Crippen molar-refractivity contribution in [2.45, 2.75) is 32.4 Å². The van der Waals surface area contributed by atoms with E-state index in [1.165, 1.54) is 0 Å². The van der Waals surface area contributed by atoms with Gasteiger partial charge in [0.1, 0.15) is 5.82 Å². The van der Waals surface area contributed by atoms with E-state index >= 15 is 0 Å². The highest BCUT2D eigenvalue weighted by Gasteiger charge is 2.18. The predicted molar refractivity (Wildman–Crippen MR) is 78.9 cm³/mol. The van der Waals surface area contributed by atoms with Crippen LogP contribution in [-0.2, 0) is 11.3 Å². The van der Waals surface area contributed by atoms with E-state index in [1.54, 1.807) is 6.20 Å². The lowest BCUT2D eigenvalue weighted by Gasteiger charge is -2.22. The summed E-state index contributed by atoms with van der Waals surface area (Å²) in [4.78, 5) is 6.54. The van der Waals surface area contributed by atoms with E-state index in [1.807, 2.05) is 0 Å². The summed E-state index contributed by atoms with van der Waals surface area (Å²) in [5.74, 6) is 0.952. The second-order valence-electron chi connectivity index (χ2n) is 4.93. The van der Waals surface area contributed by atoms with Crippen molar-refractivity contribution in [2.75, 3.05) is 31.6 Å². The summed E-state index contributed by atoms with van der Waals surface area (Å²) in [6.07, 6.45) is 4.37. The van der Waals surface area contributed by atoms with Crippen LogP contribution < -0.4 is 10.2 Å². The minimum atomic E-state index is 0.333. The fourth-order valence-corrected chi connectivity index (χ4v) is 2.43. The number of halogens is 1. The zero-order valence-electron chi connectivity index (χ0n) is 11.7. The molecule has 2 heterocycles. The van der Waals surface area contributed by atoms with Crippen LogP contribution in [0.5, 0.6) is 0 Å². The van der Waals surface area contributed by atoms with Gasteiger partial charge in [-0.05, 0) is 31.0 Å². The first-order chi connectivity index (χ1) is 9.20. The SMILES string of the molecule is CCNCc1cc(N(C)CC2CCCO2)ncc1Cl. The fourth-order valence-electron chi connectivity index (χ4n) is 2.26. The lowest BCUT2D eigenvalue weighted by Crippen LogP contribution is -2.29. The van der Waals surface area contributed by atoms with Crippen molar-refractivity contribution in [2.24, 2.45) is 0 Å². The van der Waals surface area contributed by atoms with Crippen LogP contribution in [0.2, 0.25) is 5.02 Å². The summed E-state index contributed by atoms with van der Waals surface area (Å²) in [7, 11) is 2.05. The molecule has 19 heavy (non-hydrogen) atoms. The molecule has 1 fully saturated rings. The van der Waals surface area contributed by atoms with Crippen molar-refractivity contribution in [3.05, 3.63) is 22.8 Å². The molecule has 2 rings (SSSR count). The first-order valence-electron chi connectivity index (χ1n) is 6.88. The summed E-state index contributed by atoms with van der Waals surface area (Å²) in [6, 6.07) is 2.06. The van der Waals surface area contributed by atoms with Gasteiger partial charge >= 0.3 is 0 Å². The molecule has 0 saturated carbocycles. The first kappa shape index (κ1) is 14.6. The quantitative estimate of drug-likeness (QED) is 0.870. The molecule has 1 atom stereocenters. The van der Waals surface area contributed by atoms with Crippen LogP contribution in [0.25, 0.3) is 0 Å². The van der Waals surface area contributed by atoms with E-state index in [9.17, 15) is 0 Å². The third-order valence-corrected chi connectivity index (χ3v) is 3.72. The molecule has 1 aliphatic heterocycles. The second-order valence-corrected chi connectivity index (χ2v) is 5.34.